The van der Waals surface area contributed by atoms with Crippen molar-refractivity contribution in [3.8, 4) is 11.5 Å². The molecule has 0 saturated carbocycles. The number of carbonyl (C=O) groups excluding carboxylic acids is 1. The molecule has 0 spiro atoms. The fourth-order valence-corrected chi connectivity index (χ4v) is 7.42. The van der Waals surface area contributed by atoms with Crippen molar-refractivity contribution in [3.63, 3.8) is 0 Å². The van der Waals surface area contributed by atoms with E-state index in [-0.39, 0.29) is 17.3 Å². The van der Waals surface area contributed by atoms with Gasteiger partial charge in [-0.05, 0) is 64.1 Å². The van der Waals surface area contributed by atoms with Gasteiger partial charge in [0.15, 0.2) is 4.80 Å². The number of thiazole rings is 1. The van der Waals surface area contributed by atoms with Crippen LogP contribution in [0.5, 0.6) is 11.5 Å². The molecule has 8 nitrogen and oxygen atoms in total. The minimum atomic E-state index is -0.796. The standard InChI is InChI=1S/C37H37FN4O4S/c1-7-40(8-2)36(44)33-22(3)39-37-42(34(33)28-19-25(45-5)17-18-31(28)46-6)35(43)32(47-37)20-27-23(4)41(30-16-12-10-14-26(27)30)21-24-13-9-11-15-29(24)38/h9-20,34H,7-8,21H2,1-6H3/b32-20+/t34-/m1/s1. The molecule has 10 heteroatoms. The second kappa shape index (κ2) is 13.0. The number of carbonyl (C=O) groups is 1. The highest BCUT2D eigenvalue weighted by atomic mass is 32.1. The molecule has 0 aliphatic carbocycles. The van der Waals surface area contributed by atoms with Gasteiger partial charge in [-0.15, -0.1) is 0 Å². The lowest BCUT2D eigenvalue weighted by atomic mass is 9.93. The number of methoxy groups -OCH3 is 2. The first-order valence-electron chi connectivity index (χ1n) is 15.6. The smallest absolute Gasteiger partial charge is 0.271 e. The van der Waals surface area contributed by atoms with E-state index in [0.717, 1.165) is 22.2 Å². The number of amides is 1. The number of nitrogens with zero attached hydrogens (tertiary/aromatic N) is 4. The summed E-state index contributed by atoms with van der Waals surface area (Å²) >= 11 is 1.28. The minimum Gasteiger partial charge on any atom is -0.497 e. The van der Waals surface area contributed by atoms with Gasteiger partial charge in [0.05, 0.1) is 36.6 Å². The molecule has 0 unspecified atom stereocenters. The van der Waals surface area contributed by atoms with E-state index in [0.29, 0.717) is 62.9 Å². The monoisotopic (exact) mass is 652 g/mol. The number of hydrogen-bond donors (Lipinski definition) is 0. The van der Waals surface area contributed by atoms with Crippen molar-refractivity contribution in [2.24, 2.45) is 4.99 Å². The molecule has 1 aliphatic rings. The van der Waals surface area contributed by atoms with Crippen LogP contribution >= 0.6 is 11.3 Å². The van der Waals surface area contributed by atoms with Crippen LogP contribution in [0.2, 0.25) is 0 Å². The van der Waals surface area contributed by atoms with Gasteiger partial charge >= 0.3 is 0 Å². The van der Waals surface area contributed by atoms with Gasteiger partial charge < -0.3 is 18.9 Å². The Bertz CT molecular complexity index is 2220. The summed E-state index contributed by atoms with van der Waals surface area (Å²) in [6.07, 6.45) is 1.89. The molecule has 1 atom stereocenters. The van der Waals surface area contributed by atoms with E-state index < -0.39 is 6.04 Å². The summed E-state index contributed by atoms with van der Waals surface area (Å²) in [5.41, 5.74) is 4.60. The van der Waals surface area contributed by atoms with Gasteiger partial charge in [-0.25, -0.2) is 9.38 Å². The molecule has 47 heavy (non-hydrogen) atoms. The molecule has 5 aromatic rings. The normalized spacial score (nSPS) is 14.7. The molecule has 6 rings (SSSR count). The first kappa shape index (κ1) is 32.0. The van der Waals surface area contributed by atoms with Crippen molar-refractivity contribution in [2.45, 2.75) is 40.3 Å². The summed E-state index contributed by atoms with van der Waals surface area (Å²) in [5.74, 6) is 0.646. The summed E-state index contributed by atoms with van der Waals surface area (Å²) in [6.45, 7) is 9.02. The van der Waals surface area contributed by atoms with Crippen LogP contribution in [0.3, 0.4) is 0 Å². The Hall–Kier alpha value is -4.96. The maximum absolute atomic E-state index is 14.7. The zero-order valence-electron chi connectivity index (χ0n) is 27.3. The Morgan fingerprint density at radius 3 is 2.45 bits per heavy atom. The molecular formula is C37H37FN4O4S. The lowest BCUT2D eigenvalue weighted by Gasteiger charge is -2.30. The third kappa shape index (κ3) is 5.56. The van der Waals surface area contributed by atoms with Crippen LogP contribution in [0, 0.1) is 12.7 Å². The van der Waals surface area contributed by atoms with Gasteiger partial charge in [-0.1, -0.05) is 47.7 Å². The lowest BCUT2D eigenvalue weighted by molar-refractivity contribution is -0.127. The zero-order chi connectivity index (χ0) is 33.4. The molecule has 0 fully saturated rings. The van der Waals surface area contributed by atoms with Crippen LogP contribution in [-0.2, 0) is 11.3 Å². The first-order valence-corrected chi connectivity index (χ1v) is 16.4. The Morgan fingerprint density at radius 1 is 1.02 bits per heavy atom. The average molecular weight is 653 g/mol. The van der Waals surface area contributed by atoms with E-state index in [1.165, 1.54) is 17.4 Å². The lowest BCUT2D eigenvalue weighted by Crippen LogP contribution is -2.43. The van der Waals surface area contributed by atoms with Crippen molar-refractivity contribution in [1.29, 1.82) is 0 Å². The number of rotatable bonds is 9. The Morgan fingerprint density at radius 2 is 1.74 bits per heavy atom. The van der Waals surface area contributed by atoms with Crippen molar-refractivity contribution < 1.29 is 18.7 Å². The van der Waals surface area contributed by atoms with Crippen molar-refractivity contribution in [3.05, 3.63) is 126 Å². The van der Waals surface area contributed by atoms with Crippen LogP contribution in [0.15, 0.2) is 87.8 Å². The summed E-state index contributed by atoms with van der Waals surface area (Å²) < 4.78 is 30.2. The summed E-state index contributed by atoms with van der Waals surface area (Å²) in [4.78, 5) is 35.7. The van der Waals surface area contributed by atoms with E-state index in [4.69, 9.17) is 14.5 Å². The number of aromatic nitrogens is 2. The highest BCUT2D eigenvalue weighted by Crippen LogP contribution is 2.38. The minimum absolute atomic E-state index is 0.188. The molecule has 3 heterocycles. The number of fused-ring (bicyclic) bond motifs is 2. The van der Waals surface area contributed by atoms with Crippen molar-refractivity contribution in [1.82, 2.24) is 14.0 Å². The van der Waals surface area contributed by atoms with Crippen LogP contribution in [0.25, 0.3) is 17.0 Å². The van der Waals surface area contributed by atoms with E-state index in [9.17, 15) is 14.0 Å². The molecule has 0 bridgehead atoms. The highest BCUT2D eigenvalue weighted by molar-refractivity contribution is 7.07. The third-order valence-electron chi connectivity index (χ3n) is 8.88. The number of likely N-dealkylation sites (N-methyl/N-ethyl adjacent to an activating group) is 1. The predicted octanol–water partition coefficient (Wildman–Crippen LogP) is 5.57. The zero-order valence-corrected chi connectivity index (χ0v) is 28.2. The number of hydrogen-bond acceptors (Lipinski definition) is 6. The summed E-state index contributed by atoms with van der Waals surface area (Å²) in [5, 5.41) is 0.951. The molecule has 1 amide bonds. The maximum Gasteiger partial charge on any atom is 0.271 e. The fraction of sp³-hybridized carbons (Fsp3) is 0.270. The van der Waals surface area contributed by atoms with Crippen LogP contribution in [0.1, 0.15) is 49.2 Å². The fourth-order valence-electron chi connectivity index (χ4n) is 6.40. The maximum atomic E-state index is 14.7. The van der Waals surface area contributed by atoms with Crippen LogP contribution < -0.4 is 24.4 Å². The number of halogens is 1. The topological polar surface area (TPSA) is 78.1 Å². The summed E-state index contributed by atoms with van der Waals surface area (Å²) in [7, 11) is 3.14. The molecule has 242 valence electrons. The van der Waals surface area contributed by atoms with E-state index in [2.05, 4.69) is 4.57 Å². The van der Waals surface area contributed by atoms with Crippen LogP contribution in [0.4, 0.5) is 4.39 Å². The molecule has 2 aromatic heterocycles. The Labute approximate surface area is 276 Å². The van der Waals surface area contributed by atoms with Gasteiger partial charge in [-0.2, -0.15) is 0 Å². The molecule has 0 N–H and O–H groups in total. The van der Waals surface area contributed by atoms with Gasteiger partial charge in [-0.3, -0.25) is 14.2 Å². The van der Waals surface area contributed by atoms with E-state index >= 15 is 0 Å². The largest absolute Gasteiger partial charge is 0.497 e. The second-order valence-electron chi connectivity index (χ2n) is 11.4. The quantitative estimate of drug-likeness (QED) is 0.209. The number of benzene rings is 3. The van der Waals surface area contributed by atoms with Gasteiger partial charge in [0.1, 0.15) is 23.4 Å². The number of para-hydroxylation sites is 1. The van der Waals surface area contributed by atoms with Gasteiger partial charge in [0, 0.05) is 46.4 Å². The van der Waals surface area contributed by atoms with Gasteiger partial charge in [0.25, 0.3) is 11.5 Å². The number of ether oxygens (including phenoxy) is 2. The molecule has 1 aliphatic heterocycles. The first-order chi connectivity index (χ1) is 22.7. The van der Waals surface area contributed by atoms with E-state index in [1.807, 2.05) is 70.2 Å². The third-order valence-corrected chi connectivity index (χ3v) is 9.86. The van der Waals surface area contributed by atoms with E-state index in [1.54, 1.807) is 48.0 Å². The predicted molar refractivity (Wildman–Crippen MR) is 183 cm³/mol. The highest BCUT2D eigenvalue weighted by Gasteiger charge is 2.36. The second-order valence-corrected chi connectivity index (χ2v) is 12.4. The SMILES string of the molecule is CCN(CC)C(=O)C1=C(C)N=c2s/c(=C/c3c(C)n(Cc4ccccc4F)c4ccccc34)c(=O)n2[C@@H]1c1cc(OC)ccc1OC. The van der Waals surface area contributed by atoms with Crippen molar-refractivity contribution >= 4 is 34.2 Å². The molecule has 0 radical (unpaired) electrons. The molecular weight excluding hydrogens is 615 g/mol. The average Bonchev–Trinajstić information content (AvgIpc) is 3.53. The number of allylic oxidation sites excluding steroid dienone is 1. The van der Waals surface area contributed by atoms with Crippen molar-refractivity contribution in [2.75, 3.05) is 27.3 Å². The molecule has 0 saturated heterocycles. The van der Waals surface area contributed by atoms with Crippen LogP contribution in [-0.4, -0.2) is 47.3 Å². The Kier molecular flexibility index (Phi) is 8.88. The molecule has 3 aromatic carbocycles. The van der Waals surface area contributed by atoms with Gasteiger partial charge in [0.2, 0.25) is 0 Å². The Balaban J connectivity index is 1.59. The summed E-state index contributed by atoms with van der Waals surface area (Å²) in [6, 6.07) is 19.3.